The normalized spacial score (nSPS) is 11.4. The first-order valence-corrected chi connectivity index (χ1v) is 7.95. The molecular formula is C13H13ClN2O4S. The van der Waals surface area contributed by atoms with Crippen LogP contribution in [-0.4, -0.2) is 14.3 Å². The molecule has 1 heterocycles. The minimum atomic E-state index is -3.87. The molecule has 0 radical (unpaired) electrons. The molecule has 21 heavy (non-hydrogen) atoms. The molecule has 0 unspecified atom stereocenters. The summed E-state index contributed by atoms with van der Waals surface area (Å²) in [5.74, 6) is 0.0975. The molecule has 6 nitrogen and oxygen atoms in total. The molecule has 0 aliphatic carbocycles. The number of sulfonamides is 1. The van der Waals surface area contributed by atoms with Crippen molar-refractivity contribution in [2.45, 2.75) is 18.2 Å². The zero-order valence-electron chi connectivity index (χ0n) is 11.1. The maximum absolute atomic E-state index is 12.2. The van der Waals surface area contributed by atoms with Crippen molar-refractivity contribution in [1.29, 1.82) is 0 Å². The molecule has 0 spiro atoms. The highest BCUT2D eigenvalue weighted by atomic mass is 35.5. The lowest BCUT2D eigenvalue weighted by Gasteiger charge is -2.08. The third-order valence-electron chi connectivity index (χ3n) is 2.83. The number of hydrogen-bond acceptors (Lipinski definition) is 4. The number of carbonyl (C=O) groups is 1. The van der Waals surface area contributed by atoms with Gasteiger partial charge in [0.15, 0.2) is 0 Å². The number of anilines is 1. The zero-order chi connectivity index (χ0) is 15.6. The van der Waals surface area contributed by atoms with Crippen LogP contribution in [-0.2, 0) is 16.4 Å². The van der Waals surface area contributed by atoms with E-state index in [1.54, 1.807) is 0 Å². The molecule has 2 aromatic rings. The second-order valence-electron chi connectivity index (χ2n) is 4.25. The number of amides is 1. The highest BCUT2D eigenvalue weighted by Gasteiger charge is 2.16. The van der Waals surface area contributed by atoms with Crippen LogP contribution in [0, 0.1) is 0 Å². The van der Waals surface area contributed by atoms with Gasteiger partial charge in [0.2, 0.25) is 10.0 Å². The van der Waals surface area contributed by atoms with Gasteiger partial charge in [-0.25, -0.2) is 13.6 Å². The molecule has 0 fully saturated rings. The van der Waals surface area contributed by atoms with Gasteiger partial charge in [-0.1, -0.05) is 18.5 Å². The van der Waals surface area contributed by atoms with Crippen molar-refractivity contribution in [1.82, 2.24) is 0 Å². The molecule has 0 saturated carbocycles. The predicted molar refractivity (Wildman–Crippen MR) is 78.9 cm³/mol. The van der Waals surface area contributed by atoms with Crippen molar-refractivity contribution in [3.63, 3.8) is 0 Å². The lowest BCUT2D eigenvalue weighted by Crippen LogP contribution is -2.15. The van der Waals surface area contributed by atoms with Crippen molar-refractivity contribution < 1.29 is 17.6 Å². The minimum Gasteiger partial charge on any atom is -0.469 e. The number of nitrogens with two attached hydrogens (primary N) is 1. The minimum absolute atomic E-state index is 0.134. The van der Waals surface area contributed by atoms with E-state index in [9.17, 15) is 13.2 Å². The summed E-state index contributed by atoms with van der Waals surface area (Å²) >= 11 is 5.95. The SMILES string of the molecule is CCc1occc1C(=O)Nc1cc(S(N)(=O)=O)ccc1Cl. The molecule has 0 aliphatic rings. The highest BCUT2D eigenvalue weighted by Crippen LogP contribution is 2.25. The summed E-state index contributed by atoms with van der Waals surface area (Å²) in [6.07, 6.45) is 1.97. The fourth-order valence-corrected chi connectivity index (χ4v) is 2.49. The van der Waals surface area contributed by atoms with Crippen LogP contribution in [0.5, 0.6) is 0 Å². The first-order chi connectivity index (χ1) is 9.82. The Labute approximate surface area is 126 Å². The van der Waals surface area contributed by atoms with Crippen LogP contribution in [0.2, 0.25) is 5.02 Å². The number of benzene rings is 1. The first-order valence-electron chi connectivity index (χ1n) is 6.03. The van der Waals surface area contributed by atoms with E-state index in [1.807, 2.05) is 6.92 Å². The largest absolute Gasteiger partial charge is 0.469 e. The van der Waals surface area contributed by atoms with E-state index in [-0.39, 0.29) is 15.6 Å². The smallest absolute Gasteiger partial charge is 0.259 e. The van der Waals surface area contributed by atoms with E-state index >= 15 is 0 Å². The molecule has 2 rings (SSSR count). The van der Waals surface area contributed by atoms with Gasteiger partial charge in [-0.2, -0.15) is 0 Å². The number of rotatable bonds is 4. The Morgan fingerprint density at radius 1 is 1.38 bits per heavy atom. The van der Waals surface area contributed by atoms with E-state index in [2.05, 4.69) is 5.32 Å². The molecule has 1 aromatic heterocycles. The van der Waals surface area contributed by atoms with Crippen LogP contribution < -0.4 is 10.5 Å². The summed E-state index contributed by atoms with van der Waals surface area (Å²) in [6.45, 7) is 1.85. The van der Waals surface area contributed by atoms with Gasteiger partial charge in [-0.3, -0.25) is 4.79 Å². The molecule has 1 amide bonds. The summed E-state index contributed by atoms with van der Waals surface area (Å²) in [6, 6.07) is 5.36. The number of furan rings is 1. The zero-order valence-corrected chi connectivity index (χ0v) is 12.7. The average molecular weight is 329 g/mol. The third kappa shape index (κ3) is 3.44. The van der Waals surface area contributed by atoms with Gasteiger partial charge in [-0.15, -0.1) is 0 Å². The Hall–Kier alpha value is -1.83. The molecule has 0 bridgehead atoms. The van der Waals surface area contributed by atoms with Crippen molar-refractivity contribution in [2.75, 3.05) is 5.32 Å². The number of nitrogens with one attached hydrogen (secondary N) is 1. The van der Waals surface area contributed by atoms with Crippen molar-refractivity contribution >= 4 is 33.2 Å². The van der Waals surface area contributed by atoms with Crippen LogP contribution in [0.25, 0.3) is 0 Å². The summed E-state index contributed by atoms with van der Waals surface area (Å²) in [5.41, 5.74) is 0.533. The molecule has 0 aliphatic heterocycles. The van der Waals surface area contributed by atoms with E-state index in [1.165, 1.54) is 30.5 Å². The van der Waals surface area contributed by atoms with Crippen molar-refractivity contribution in [3.05, 3.63) is 46.9 Å². The lowest BCUT2D eigenvalue weighted by molar-refractivity contribution is 0.102. The topological polar surface area (TPSA) is 102 Å². The molecular weight excluding hydrogens is 316 g/mol. The standard InChI is InChI=1S/C13H13ClN2O4S/c1-2-12-9(5-6-20-12)13(17)16-11-7-8(21(15,18)19)3-4-10(11)14/h3-7H,2H2,1H3,(H,16,17)(H2,15,18,19). The number of primary sulfonamides is 1. The number of hydrogen-bond donors (Lipinski definition) is 2. The Balaban J connectivity index is 2.33. The Kier molecular flexibility index (Phi) is 4.36. The second kappa shape index (κ2) is 5.88. The lowest BCUT2D eigenvalue weighted by atomic mass is 10.2. The molecule has 1 aromatic carbocycles. The second-order valence-corrected chi connectivity index (χ2v) is 6.22. The van der Waals surface area contributed by atoms with E-state index in [4.69, 9.17) is 21.2 Å². The third-order valence-corrected chi connectivity index (χ3v) is 4.07. The van der Waals surface area contributed by atoms with Gasteiger partial charge in [-0.05, 0) is 24.3 Å². The van der Waals surface area contributed by atoms with Gasteiger partial charge in [0.05, 0.1) is 27.4 Å². The number of aryl methyl sites for hydroxylation is 1. The monoisotopic (exact) mass is 328 g/mol. The summed E-state index contributed by atoms with van der Waals surface area (Å²) < 4.78 is 27.8. The molecule has 112 valence electrons. The Bertz CT molecular complexity index is 783. The fraction of sp³-hybridized carbons (Fsp3) is 0.154. The highest BCUT2D eigenvalue weighted by molar-refractivity contribution is 7.89. The van der Waals surface area contributed by atoms with Gasteiger partial charge < -0.3 is 9.73 Å². The van der Waals surface area contributed by atoms with Gasteiger partial charge >= 0.3 is 0 Å². The van der Waals surface area contributed by atoms with E-state index in [0.717, 1.165) is 0 Å². The van der Waals surface area contributed by atoms with Crippen molar-refractivity contribution in [3.8, 4) is 0 Å². The van der Waals surface area contributed by atoms with Crippen LogP contribution in [0.15, 0.2) is 39.8 Å². The van der Waals surface area contributed by atoms with Gasteiger partial charge in [0.1, 0.15) is 5.76 Å². The molecule has 0 saturated heterocycles. The summed E-state index contributed by atoms with van der Waals surface area (Å²) in [7, 11) is -3.87. The quantitative estimate of drug-likeness (QED) is 0.899. The molecule has 3 N–H and O–H groups in total. The predicted octanol–water partition coefficient (Wildman–Crippen LogP) is 2.40. The van der Waals surface area contributed by atoms with Crippen molar-refractivity contribution in [2.24, 2.45) is 5.14 Å². The number of halogens is 1. The van der Waals surface area contributed by atoms with Crippen LogP contribution in [0.1, 0.15) is 23.0 Å². The van der Waals surface area contributed by atoms with Crippen LogP contribution >= 0.6 is 11.6 Å². The maximum atomic E-state index is 12.2. The average Bonchev–Trinajstić information content (AvgIpc) is 2.88. The first kappa shape index (κ1) is 15.6. The summed E-state index contributed by atoms with van der Waals surface area (Å²) in [4.78, 5) is 12.0. The fourth-order valence-electron chi connectivity index (χ4n) is 1.78. The Morgan fingerprint density at radius 3 is 2.71 bits per heavy atom. The van der Waals surface area contributed by atoms with Crippen LogP contribution in [0.4, 0.5) is 5.69 Å². The summed E-state index contributed by atoms with van der Waals surface area (Å²) in [5, 5.41) is 7.80. The van der Waals surface area contributed by atoms with E-state index in [0.29, 0.717) is 17.7 Å². The van der Waals surface area contributed by atoms with Gasteiger partial charge in [0, 0.05) is 6.42 Å². The maximum Gasteiger partial charge on any atom is 0.259 e. The van der Waals surface area contributed by atoms with E-state index < -0.39 is 15.9 Å². The Morgan fingerprint density at radius 2 is 2.10 bits per heavy atom. The molecule has 8 heteroatoms. The molecule has 0 atom stereocenters. The van der Waals surface area contributed by atoms with Gasteiger partial charge in [0.25, 0.3) is 5.91 Å². The number of carbonyl (C=O) groups excluding carboxylic acids is 1. The van der Waals surface area contributed by atoms with Crippen LogP contribution in [0.3, 0.4) is 0 Å².